The van der Waals surface area contributed by atoms with Crippen molar-refractivity contribution in [3.05, 3.63) is 37.8 Å². The summed E-state index contributed by atoms with van der Waals surface area (Å²) in [6, 6.07) is 2.93. The molecule has 1 rings (SSSR count). The second kappa shape index (κ2) is 4.06. The van der Waals surface area contributed by atoms with Crippen LogP contribution in [0.25, 0.3) is 0 Å². The van der Waals surface area contributed by atoms with Crippen molar-refractivity contribution in [2.24, 2.45) is 0 Å². The Bertz CT molecular complexity index is 419. The monoisotopic (exact) mass is 277 g/mol. The smallest absolute Gasteiger partial charge is 0.275 e. The van der Waals surface area contributed by atoms with Crippen molar-refractivity contribution >= 4 is 38.5 Å². The molecule has 0 unspecified atom stereocenters. The fourth-order valence-electron chi connectivity index (χ4n) is 1.00. The van der Waals surface area contributed by atoms with Crippen LogP contribution in [0.5, 0.6) is 0 Å². The van der Waals surface area contributed by atoms with E-state index in [0.29, 0.717) is 5.56 Å². The van der Waals surface area contributed by atoms with Crippen LogP contribution in [0.15, 0.2) is 16.6 Å². The van der Waals surface area contributed by atoms with Gasteiger partial charge in [-0.25, -0.2) is 0 Å². The maximum absolute atomic E-state index is 10.9. The molecule has 0 amide bonds. The first-order valence-corrected chi connectivity index (χ1v) is 4.75. The van der Waals surface area contributed by atoms with Crippen LogP contribution in [-0.2, 0) is 0 Å². The van der Waals surface area contributed by atoms with Crippen molar-refractivity contribution in [1.29, 1.82) is 0 Å². The van der Waals surface area contributed by atoms with Gasteiger partial charge in [-0.1, -0.05) is 6.07 Å². The molecule has 0 atom stereocenters. The van der Waals surface area contributed by atoms with Gasteiger partial charge in [0.25, 0.3) is 10.9 Å². The van der Waals surface area contributed by atoms with E-state index in [4.69, 9.17) is 11.6 Å². The molecule has 4 nitrogen and oxygen atoms in total. The lowest BCUT2D eigenvalue weighted by Crippen LogP contribution is -2.00. The maximum Gasteiger partial charge on any atom is 0.295 e. The van der Waals surface area contributed by atoms with E-state index in [0.717, 1.165) is 0 Å². The summed E-state index contributed by atoms with van der Waals surface area (Å²) in [4.78, 5) is 20.9. The number of nitro benzene ring substituents is 1. The number of carbonyl (C=O) groups is 1. The Morgan fingerprint density at radius 3 is 2.57 bits per heavy atom. The summed E-state index contributed by atoms with van der Waals surface area (Å²) in [5, 5.41) is 9.83. The quantitative estimate of drug-likeness (QED) is 0.474. The molecule has 0 aliphatic carbocycles. The third kappa shape index (κ3) is 1.93. The highest BCUT2D eigenvalue weighted by Crippen LogP contribution is 2.32. The van der Waals surface area contributed by atoms with Crippen LogP contribution in [0, 0.1) is 17.0 Å². The molecule has 0 bridgehead atoms. The van der Waals surface area contributed by atoms with Gasteiger partial charge in [-0.05, 0) is 46.1 Å². The lowest BCUT2D eigenvalue weighted by atomic mass is 10.1. The van der Waals surface area contributed by atoms with Gasteiger partial charge in [-0.15, -0.1) is 0 Å². The molecule has 0 N–H and O–H groups in total. The molecule has 0 saturated heterocycles. The Balaban J connectivity index is 3.53. The highest BCUT2D eigenvalue weighted by Gasteiger charge is 2.23. The van der Waals surface area contributed by atoms with Gasteiger partial charge < -0.3 is 0 Å². The van der Waals surface area contributed by atoms with Crippen molar-refractivity contribution in [3.63, 3.8) is 0 Å². The Labute approximate surface area is 93.1 Å². The van der Waals surface area contributed by atoms with Crippen LogP contribution in [0.4, 0.5) is 5.69 Å². The van der Waals surface area contributed by atoms with E-state index < -0.39 is 10.2 Å². The lowest BCUT2D eigenvalue weighted by molar-refractivity contribution is -0.385. The van der Waals surface area contributed by atoms with Crippen LogP contribution in [0.2, 0.25) is 0 Å². The largest absolute Gasteiger partial charge is 0.295 e. The number of halogens is 2. The summed E-state index contributed by atoms with van der Waals surface area (Å²) < 4.78 is 0.286. The third-order valence-corrected chi connectivity index (χ3v) is 2.91. The van der Waals surface area contributed by atoms with E-state index >= 15 is 0 Å². The summed E-state index contributed by atoms with van der Waals surface area (Å²) in [5.41, 5.74) is 0.289. The average Bonchev–Trinajstić information content (AvgIpc) is 2.08. The first-order valence-electron chi connectivity index (χ1n) is 3.58. The fraction of sp³-hybridized carbons (Fsp3) is 0.125. The number of nitrogens with zero attached hydrogens (tertiary/aromatic N) is 1. The van der Waals surface area contributed by atoms with E-state index in [9.17, 15) is 14.9 Å². The molecule has 6 heteroatoms. The van der Waals surface area contributed by atoms with Crippen molar-refractivity contribution in [2.75, 3.05) is 0 Å². The summed E-state index contributed by atoms with van der Waals surface area (Å²) in [6.45, 7) is 1.69. The number of hydrogen-bond acceptors (Lipinski definition) is 3. The number of carbonyl (C=O) groups excluding carboxylic acids is 1. The van der Waals surface area contributed by atoms with E-state index in [1.807, 2.05) is 0 Å². The van der Waals surface area contributed by atoms with Gasteiger partial charge in [-0.2, -0.15) is 0 Å². The first kappa shape index (κ1) is 11.1. The Hall–Kier alpha value is -0.940. The molecule has 74 valence electrons. The molecule has 1 aromatic rings. The molecular formula is C8H5BrClNO3. The number of hydrogen-bond donors (Lipinski definition) is 0. The van der Waals surface area contributed by atoms with Crippen LogP contribution in [-0.4, -0.2) is 10.2 Å². The molecule has 0 heterocycles. The number of nitro groups is 1. The molecule has 0 saturated carbocycles. The molecule has 0 aliphatic heterocycles. The van der Waals surface area contributed by atoms with Crippen LogP contribution >= 0.6 is 27.5 Å². The number of aryl methyl sites for hydroxylation is 1. The minimum absolute atomic E-state index is 0.103. The molecule has 0 aromatic heterocycles. The van der Waals surface area contributed by atoms with Crippen LogP contribution in [0.3, 0.4) is 0 Å². The van der Waals surface area contributed by atoms with Crippen LogP contribution < -0.4 is 0 Å². The Morgan fingerprint density at radius 1 is 1.57 bits per heavy atom. The SMILES string of the molecule is Cc1ccc(C(=O)Cl)c([N+](=O)[O-])c1Br. The normalized spacial score (nSPS) is 9.93. The van der Waals surface area contributed by atoms with Crippen molar-refractivity contribution < 1.29 is 9.72 Å². The molecular weight excluding hydrogens is 273 g/mol. The maximum atomic E-state index is 10.9. The minimum Gasteiger partial charge on any atom is -0.275 e. The molecule has 1 aromatic carbocycles. The van der Waals surface area contributed by atoms with Gasteiger partial charge in [0.1, 0.15) is 5.56 Å². The first-order chi connectivity index (χ1) is 6.45. The van der Waals surface area contributed by atoms with Gasteiger partial charge >= 0.3 is 0 Å². The van der Waals surface area contributed by atoms with E-state index in [-0.39, 0.29) is 15.7 Å². The van der Waals surface area contributed by atoms with E-state index in [1.54, 1.807) is 13.0 Å². The van der Waals surface area contributed by atoms with Crippen molar-refractivity contribution in [1.82, 2.24) is 0 Å². The highest BCUT2D eigenvalue weighted by atomic mass is 79.9. The predicted octanol–water partition coefficient (Wildman–Crippen LogP) is 3.04. The zero-order valence-corrected chi connectivity index (χ0v) is 9.42. The van der Waals surface area contributed by atoms with Crippen LogP contribution in [0.1, 0.15) is 15.9 Å². The molecule has 0 spiro atoms. The van der Waals surface area contributed by atoms with Gasteiger partial charge in [-0.3, -0.25) is 14.9 Å². The summed E-state index contributed by atoms with van der Waals surface area (Å²) in [6.07, 6.45) is 0. The van der Waals surface area contributed by atoms with E-state index in [1.165, 1.54) is 6.07 Å². The predicted molar refractivity (Wildman–Crippen MR) is 55.7 cm³/mol. The topological polar surface area (TPSA) is 60.2 Å². The summed E-state index contributed by atoms with van der Waals surface area (Å²) >= 11 is 8.26. The molecule has 0 radical (unpaired) electrons. The number of benzene rings is 1. The Morgan fingerprint density at radius 2 is 2.14 bits per heavy atom. The standard InChI is InChI=1S/C8H5BrClNO3/c1-4-2-3-5(8(10)12)7(6(4)9)11(13)14/h2-3H,1H3. The van der Waals surface area contributed by atoms with E-state index in [2.05, 4.69) is 15.9 Å². The van der Waals surface area contributed by atoms with Crippen molar-refractivity contribution in [2.45, 2.75) is 6.92 Å². The van der Waals surface area contributed by atoms with Gasteiger partial charge in [0.2, 0.25) is 0 Å². The summed E-state index contributed by atoms with van der Waals surface area (Å²) in [5.74, 6) is 0. The second-order valence-corrected chi connectivity index (χ2v) is 3.76. The third-order valence-electron chi connectivity index (χ3n) is 1.70. The zero-order chi connectivity index (χ0) is 10.9. The molecule has 14 heavy (non-hydrogen) atoms. The fourth-order valence-corrected chi connectivity index (χ4v) is 1.65. The molecule has 0 aliphatic rings. The number of rotatable bonds is 2. The molecule has 0 fully saturated rings. The van der Waals surface area contributed by atoms with Gasteiger partial charge in [0, 0.05) is 0 Å². The zero-order valence-electron chi connectivity index (χ0n) is 7.08. The van der Waals surface area contributed by atoms with Gasteiger partial charge in [0.15, 0.2) is 0 Å². The average molecular weight is 278 g/mol. The van der Waals surface area contributed by atoms with Gasteiger partial charge in [0.05, 0.1) is 9.40 Å². The Kier molecular flexibility index (Phi) is 3.23. The minimum atomic E-state index is -0.836. The lowest BCUT2D eigenvalue weighted by Gasteiger charge is -2.02. The highest BCUT2D eigenvalue weighted by molar-refractivity contribution is 9.10. The van der Waals surface area contributed by atoms with Crippen molar-refractivity contribution in [3.8, 4) is 0 Å². The summed E-state index contributed by atoms with van der Waals surface area (Å²) in [7, 11) is 0. The second-order valence-electron chi connectivity index (χ2n) is 2.62.